The zero-order valence-electron chi connectivity index (χ0n) is 12.1. The van der Waals surface area contributed by atoms with Crippen LogP contribution < -0.4 is 0 Å². The van der Waals surface area contributed by atoms with E-state index in [1.807, 2.05) is 6.92 Å². The molecule has 4 heteroatoms. The predicted molar refractivity (Wildman–Crippen MR) is 76.4 cm³/mol. The largest absolute Gasteiger partial charge is 0.465 e. The molecule has 0 aliphatic heterocycles. The zero-order chi connectivity index (χ0) is 15.0. The number of aliphatic hydroxyl groups is 1. The molecule has 1 aromatic carbocycles. The number of methoxy groups -OCH3 is 2. The molecular weight excluding hydrogens is 256 g/mol. The predicted octanol–water partition coefficient (Wildman–Crippen LogP) is 2.00. The third kappa shape index (κ3) is 4.69. The summed E-state index contributed by atoms with van der Waals surface area (Å²) in [5.74, 6) is 5.41. The highest BCUT2D eigenvalue weighted by Gasteiger charge is 2.20. The van der Waals surface area contributed by atoms with Crippen LogP contribution in [0.4, 0.5) is 0 Å². The first-order valence-electron chi connectivity index (χ1n) is 6.47. The van der Waals surface area contributed by atoms with Gasteiger partial charge in [-0.25, -0.2) is 4.79 Å². The quantitative estimate of drug-likeness (QED) is 0.660. The van der Waals surface area contributed by atoms with Gasteiger partial charge in [0, 0.05) is 25.7 Å². The number of carbonyl (C=O) groups is 1. The minimum Gasteiger partial charge on any atom is -0.465 e. The molecule has 1 rings (SSSR count). The number of hydrogen-bond acceptors (Lipinski definition) is 4. The molecule has 0 amide bonds. The van der Waals surface area contributed by atoms with Gasteiger partial charge in [-0.3, -0.25) is 0 Å². The fraction of sp³-hybridized carbons (Fsp3) is 0.438. The zero-order valence-corrected chi connectivity index (χ0v) is 12.1. The summed E-state index contributed by atoms with van der Waals surface area (Å²) in [7, 11) is 2.93. The van der Waals surface area contributed by atoms with Gasteiger partial charge in [0.25, 0.3) is 0 Å². The van der Waals surface area contributed by atoms with Crippen molar-refractivity contribution < 1.29 is 19.4 Å². The van der Waals surface area contributed by atoms with E-state index in [0.717, 1.165) is 5.56 Å². The van der Waals surface area contributed by atoms with Gasteiger partial charge in [-0.1, -0.05) is 18.8 Å². The Balaban J connectivity index is 2.82. The molecule has 0 heterocycles. The topological polar surface area (TPSA) is 55.8 Å². The lowest BCUT2D eigenvalue weighted by atomic mass is 9.97. The highest BCUT2D eigenvalue weighted by molar-refractivity contribution is 5.89. The minimum absolute atomic E-state index is 0.380. The number of benzene rings is 1. The lowest BCUT2D eigenvalue weighted by Crippen LogP contribution is -2.27. The van der Waals surface area contributed by atoms with Crippen molar-refractivity contribution in [2.24, 2.45) is 0 Å². The van der Waals surface area contributed by atoms with Crippen molar-refractivity contribution in [1.82, 2.24) is 0 Å². The molecule has 20 heavy (non-hydrogen) atoms. The van der Waals surface area contributed by atoms with Crippen LogP contribution in [0.25, 0.3) is 0 Å². The maximum atomic E-state index is 11.3. The molecule has 0 bridgehead atoms. The van der Waals surface area contributed by atoms with Crippen LogP contribution in [-0.4, -0.2) is 37.5 Å². The fourth-order valence-corrected chi connectivity index (χ4v) is 1.59. The average Bonchev–Trinajstić information content (AvgIpc) is 2.50. The van der Waals surface area contributed by atoms with E-state index >= 15 is 0 Å². The molecule has 0 aromatic heterocycles. The second kappa shape index (κ2) is 7.68. The molecule has 0 fully saturated rings. The molecule has 0 aliphatic carbocycles. The molecule has 108 valence electrons. The molecule has 0 saturated heterocycles. The molecule has 1 atom stereocenters. The lowest BCUT2D eigenvalue weighted by Gasteiger charge is -2.19. The Morgan fingerprint density at radius 2 is 1.95 bits per heavy atom. The summed E-state index contributed by atoms with van der Waals surface area (Å²) in [6.07, 6.45) is 0.997. The summed E-state index contributed by atoms with van der Waals surface area (Å²) in [5.41, 5.74) is 0.168. The number of rotatable bonds is 5. The number of carbonyl (C=O) groups excluding carboxylic acids is 1. The Morgan fingerprint density at radius 1 is 1.30 bits per heavy atom. The fourth-order valence-electron chi connectivity index (χ4n) is 1.59. The molecular formula is C16H20O4. The number of esters is 1. The smallest absolute Gasteiger partial charge is 0.337 e. The van der Waals surface area contributed by atoms with E-state index in [1.165, 1.54) is 7.11 Å². The third-order valence-electron chi connectivity index (χ3n) is 3.05. The summed E-state index contributed by atoms with van der Waals surface area (Å²) in [4.78, 5) is 11.3. The van der Waals surface area contributed by atoms with Gasteiger partial charge in [0.05, 0.1) is 12.7 Å². The maximum Gasteiger partial charge on any atom is 0.337 e. The van der Waals surface area contributed by atoms with Crippen molar-refractivity contribution in [3.63, 3.8) is 0 Å². The van der Waals surface area contributed by atoms with Gasteiger partial charge in [0.1, 0.15) is 5.60 Å². The molecule has 1 unspecified atom stereocenters. The van der Waals surface area contributed by atoms with Gasteiger partial charge in [-0.2, -0.15) is 0 Å². The first kappa shape index (κ1) is 16.2. The van der Waals surface area contributed by atoms with Crippen LogP contribution >= 0.6 is 0 Å². The number of ether oxygens (including phenoxy) is 2. The van der Waals surface area contributed by atoms with Crippen molar-refractivity contribution in [3.05, 3.63) is 35.4 Å². The molecule has 0 radical (unpaired) electrons. The molecule has 0 saturated carbocycles. The van der Waals surface area contributed by atoms with Gasteiger partial charge in [0.2, 0.25) is 0 Å². The molecule has 4 nitrogen and oxygen atoms in total. The van der Waals surface area contributed by atoms with E-state index in [-0.39, 0.29) is 5.97 Å². The van der Waals surface area contributed by atoms with Crippen molar-refractivity contribution in [1.29, 1.82) is 0 Å². The SMILES string of the molecule is CCC(O)(C#Cc1ccc(C(=O)OC)cc1)CCOC. The first-order valence-corrected chi connectivity index (χ1v) is 6.47. The summed E-state index contributed by atoms with van der Waals surface area (Å²) in [6.45, 7) is 2.34. The highest BCUT2D eigenvalue weighted by Crippen LogP contribution is 2.14. The van der Waals surface area contributed by atoms with Crippen LogP contribution in [0.2, 0.25) is 0 Å². The van der Waals surface area contributed by atoms with E-state index < -0.39 is 5.60 Å². The van der Waals surface area contributed by atoms with Gasteiger partial charge >= 0.3 is 5.97 Å². The molecule has 1 aromatic rings. The van der Waals surface area contributed by atoms with Crippen molar-refractivity contribution in [2.45, 2.75) is 25.4 Å². The second-order valence-electron chi connectivity index (χ2n) is 4.45. The van der Waals surface area contributed by atoms with Crippen LogP contribution in [-0.2, 0) is 9.47 Å². The molecule has 0 aliphatic rings. The van der Waals surface area contributed by atoms with Crippen LogP contribution in [0.3, 0.4) is 0 Å². The Morgan fingerprint density at radius 3 is 2.45 bits per heavy atom. The van der Waals surface area contributed by atoms with Crippen LogP contribution in [0.1, 0.15) is 35.7 Å². The Labute approximate surface area is 119 Å². The van der Waals surface area contributed by atoms with E-state index in [4.69, 9.17) is 4.74 Å². The highest BCUT2D eigenvalue weighted by atomic mass is 16.5. The van der Waals surface area contributed by atoms with Gasteiger partial charge in [0.15, 0.2) is 0 Å². The monoisotopic (exact) mass is 276 g/mol. The van der Waals surface area contributed by atoms with Gasteiger partial charge in [-0.05, 0) is 30.7 Å². The molecule has 0 spiro atoms. The standard InChI is InChI=1S/C16H20O4/c1-4-16(18,11-12-19-2)10-9-13-5-7-14(8-6-13)15(17)20-3/h5-8,18H,4,11-12H2,1-3H3. The normalized spacial score (nSPS) is 13.0. The van der Waals surface area contributed by atoms with Crippen LogP contribution in [0, 0.1) is 11.8 Å². The summed E-state index contributed by atoms with van der Waals surface area (Å²) in [6, 6.07) is 6.75. The number of hydrogen-bond donors (Lipinski definition) is 1. The van der Waals surface area contributed by atoms with Crippen LogP contribution in [0.5, 0.6) is 0 Å². The average molecular weight is 276 g/mol. The lowest BCUT2D eigenvalue weighted by molar-refractivity contribution is 0.0545. The van der Waals surface area contributed by atoms with E-state index in [9.17, 15) is 9.90 Å². The van der Waals surface area contributed by atoms with E-state index in [1.54, 1.807) is 31.4 Å². The Hall–Kier alpha value is -1.83. The van der Waals surface area contributed by atoms with Crippen LogP contribution in [0.15, 0.2) is 24.3 Å². The van der Waals surface area contributed by atoms with Gasteiger partial charge < -0.3 is 14.6 Å². The maximum absolute atomic E-state index is 11.3. The Bertz CT molecular complexity index is 495. The van der Waals surface area contributed by atoms with Gasteiger partial charge in [-0.15, -0.1) is 0 Å². The van der Waals surface area contributed by atoms with E-state index in [0.29, 0.717) is 25.0 Å². The van der Waals surface area contributed by atoms with Crippen molar-refractivity contribution in [2.75, 3.05) is 20.8 Å². The second-order valence-corrected chi connectivity index (χ2v) is 4.45. The van der Waals surface area contributed by atoms with Crippen molar-refractivity contribution in [3.8, 4) is 11.8 Å². The minimum atomic E-state index is -1.04. The van der Waals surface area contributed by atoms with Crippen molar-refractivity contribution >= 4 is 5.97 Å². The third-order valence-corrected chi connectivity index (χ3v) is 3.05. The van der Waals surface area contributed by atoms with E-state index in [2.05, 4.69) is 16.6 Å². The summed E-state index contributed by atoms with van der Waals surface area (Å²) < 4.78 is 9.59. The Kier molecular flexibility index (Phi) is 6.23. The summed E-state index contributed by atoms with van der Waals surface area (Å²) >= 11 is 0. The molecule has 1 N–H and O–H groups in total. The summed E-state index contributed by atoms with van der Waals surface area (Å²) in [5, 5.41) is 10.3. The first-order chi connectivity index (χ1) is 9.54.